The molecule has 4 aliphatic carbocycles. The summed E-state index contributed by atoms with van der Waals surface area (Å²) in [5.74, 6) is 3.78. The van der Waals surface area contributed by atoms with E-state index in [2.05, 4.69) is 33.8 Å². The summed E-state index contributed by atoms with van der Waals surface area (Å²) < 4.78 is 0. The highest BCUT2D eigenvalue weighted by atomic mass is 16.3. The van der Waals surface area contributed by atoms with Crippen LogP contribution in [0.1, 0.15) is 105 Å². The molecule has 0 spiro atoms. The first-order valence-corrected chi connectivity index (χ1v) is 12.7. The van der Waals surface area contributed by atoms with Crippen molar-refractivity contribution >= 4 is 0 Å². The molecule has 8 atom stereocenters. The van der Waals surface area contributed by atoms with Crippen LogP contribution in [0.25, 0.3) is 0 Å². The molecule has 2 N–H and O–H groups in total. The van der Waals surface area contributed by atoms with Gasteiger partial charge in [0.05, 0.1) is 11.7 Å². The largest absolute Gasteiger partial charge is 0.393 e. The van der Waals surface area contributed by atoms with Crippen LogP contribution in [0.15, 0.2) is 11.6 Å². The zero-order valence-electron chi connectivity index (χ0n) is 19.7. The first kappa shape index (κ1) is 21.9. The van der Waals surface area contributed by atoms with Crippen molar-refractivity contribution in [3.8, 4) is 0 Å². The van der Waals surface area contributed by atoms with Crippen LogP contribution >= 0.6 is 0 Å². The number of hydrogen-bond donors (Lipinski definition) is 2. The van der Waals surface area contributed by atoms with E-state index in [1.807, 2.05) is 6.92 Å². The van der Waals surface area contributed by atoms with E-state index >= 15 is 0 Å². The Labute approximate surface area is 179 Å². The molecule has 2 heteroatoms. The molecule has 3 fully saturated rings. The van der Waals surface area contributed by atoms with E-state index in [4.69, 9.17) is 0 Å². The zero-order chi connectivity index (χ0) is 21.0. The Morgan fingerprint density at radius 3 is 2.59 bits per heavy atom. The van der Waals surface area contributed by atoms with E-state index in [0.29, 0.717) is 16.7 Å². The minimum atomic E-state index is -0.513. The fraction of sp³-hybridized carbons (Fsp3) is 0.926. The number of fused-ring (bicyclic) bond motifs is 5. The maximum Gasteiger partial charge on any atom is 0.0642 e. The first-order valence-electron chi connectivity index (χ1n) is 12.7. The molecular weight excluding hydrogens is 356 g/mol. The van der Waals surface area contributed by atoms with Crippen molar-refractivity contribution in [3.63, 3.8) is 0 Å². The van der Waals surface area contributed by atoms with Gasteiger partial charge in [-0.3, -0.25) is 0 Å². The molecule has 4 rings (SSSR count). The van der Waals surface area contributed by atoms with Gasteiger partial charge >= 0.3 is 0 Å². The van der Waals surface area contributed by atoms with Crippen LogP contribution in [0.3, 0.4) is 0 Å². The van der Waals surface area contributed by atoms with Gasteiger partial charge in [0, 0.05) is 0 Å². The Morgan fingerprint density at radius 2 is 1.86 bits per heavy atom. The molecule has 0 bridgehead atoms. The highest BCUT2D eigenvalue weighted by Crippen LogP contribution is 2.66. The summed E-state index contributed by atoms with van der Waals surface area (Å²) >= 11 is 0. The minimum Gasteiger partial charge on any atom is -0.393 e. The van der Waals surface area contributed by atoms with Gasteiger partial charge in [-0.1, -0.05) is 45.8 Å². The second kappa shape index (κ2) is 7.66. The minimum absolute atomic E-state index is 0.0985. The fourth-order valence-corrected chi connectivity index (χ4v) is 8.22. The van der Waals surface area contributed by atoms with E-state index in [9.17, 15) is 10.2 Å². The van der Waals surface area contributed by atoms with Crippen LogP contribution < -0.4 is 0 Å². The Bertz CT molecular complexity index is 634. The number of aliphatic hydroxyl groups excluding tert-OH is 1. The summed E-state index contributed by atoms with van der Waals surface area (Å²) in [7, 11) is 0. The Kier molecular flexibility index (Phi) is 5.78. The summed E-state index contributed by atoms with van der Waals surface area (Å²) in [5, 5.41) is 20.8. The van der Waals surface area contributed by atoms with Crippen LogP contribution in [0.5, 0.6) is 0 Å². The van der Waals surface area contributed by atoms with Gasteiger partial charge in [-0.2, -0.15) is 0 Å². The standard InChI is InChI=1S/C27H46O2/c1-18(2)27(5,29)14-6-7-19-9-11-23-22-10-8-20-17-21(28)12-15-26(20,4)24(22)13-16-25(19,23)3/h8,18-19,21-24,28-29H,6-7,9-17H2,1-5H3/t19?,21?,22?,23-,24?,25?,26?,27?/m0/s1. The molecule has 0 aliphatic heterocycles. The average Bonchev–Trinajstić information content (AvgIpc) is 2.99. The lowest BCUT2D eigenvalue weighted by Gasteiger charge is -2.58. The van der Waals surface area contributed by atoms with Crippen LogP contribution in [0.4, 0.5) is 0 Å². The van der Waals surface area contributed by atoms with Crippen molar-refractivity contribution in [2.45, 2.75) is 117 Å². The smallest absolute Gasteiger partial charge is 0.0642 e. The van der Waals surface area contributed by atoms with Gasteiger partial charge in [-0.05, 0) is 112 Å². The Morgan fingerprint density at radius 1 is 1.10 bits per heavy atom. The molecule has 0 heterocycles. The summed E-state index contributed by atoms with van der Waals surface area (Å²) in [6, 6.07) is 0. The molecule has 166 valence electrons. The third-order valence-electron chi connectivity index (χ3n) is 10.8. The van der Waals surface area contributed by atoms with Gasteiger partial charge in [0.15, 0.2) is 0 Å². The highest BCUT2D eigenvalue weighted by Gasteiger charge is 2.58. The van der Waals surface area contributed by atoms with Gasteiger partial charge in [0.1, 0.15) is 0 Å². The number of allylic oxidation sites excluding steroid dienone is 1. The van der Waals surface area contributed by atoms with Gasteiger partial charge < -0.3 is 10.2 Å². The average molecular weight is 403 g/mol. The zero-order valence-corrected chi connectivity index (χ0v) is 19.7. The molecule has 0 amide bonds. The van der Waals surface area contributed by atoms with Crippen molar-refractivity contribution in [3.05, 3.63) is 11.6 Å². The predicted molar refractivity (Wildman–Crippen MR) is 121 cm³/mol. The van der Waals surface area contributed by atoms with E-state index in [1.165, 1.54) is 51.4 Å². The van der Waals surface area contributed by atoms with Gasteiger partial charge in [-0.25, -0.2) is 0 Å². The van der Waals surface area contributed by atoms with Crippen LogP contribution in [-0.4, -0.2) is 21.9 Å². The van der Waals surface area contributed by atoms with Crippen LogP contribution in [0, 0.1) is 40.4 Å². The van der Waals surface area contributed by atoms with Gasteiger partial charge in [0.2, 0.25) is 0 Å². The summed E-state index contributed by atoms with van der Waals surface area (Å²) in [4.78, 5) is 0. The second-order valence-electron chi connectivity index (χ2n) is 12.4. The number of rotatable bonds is 5. The molecule has 7 unspecified atom stereocenters. The lowest BCUT2D eigenvalue weighted by Crippen LogP contribution is -2.50. The summed E-state index contributed by atoms with van der Waals surface area (Å²) in [5.41, 5.74) is 1.95. The SMILES string of the molecule is CC(C)C(C)(O)CCCC1CC[C@H]2C3CC=C4CC(O)CCC4(C)C3CCC12C. The first-order chi connectivity index (χ1) is 13.6. The molecule has 0 radical (unpaired) electrons. The molecular formula is C27H46O2. The molecule has 4 aliphatic rings. The predicted octanol–water partition coefficient (Wildman–Crippen LogP) is 6.50. The number of aliphatic hydroxyl groups is 2. The Balaban J connectivity index is 1.45. The normalized spacial score (nSPS) is 46.5. The molecule has 0 aromatic heterocycles. The van der Waals surface area contributed by atoms with E-state index in [0.717, 1.165) is 42.9 Å². The van der Waals surface area contributed by atoms with E-state index < -0.39 is 5.60 Å². The third kappa shape index (κ3) is 3.65. The highest BCUT2D eigenvalue weighted by molar-refractivity contribution is 5.25. The van der Waals surface area contributed by atoms with Crippen molar-refractivity contribution in [2.24, 2.45) is 40.4 Å². The third-order valence-corrected chi connectivity index (χ3v) is 10.8. The van der Waals surface area contributed by atoms with Gasteiger partial charge in [0.25, 0.3) is 0 Å². The van der Waals surface area contributed by atoms with E-state index in [1.54, 1.807) is 5.57 Å². The molecule has 0 saturated heterocycles. The lowest BCUT2D eigenvalue weighted by molar-refractivity contribution is -0.0523. The van der Waals surface area contributed by atoms with Crippen LogP contribution in [0.2, 0.25) is 0 Å². The maximum atomic E-state index is 10.6. The van der Waals surface area contributed by atoms with Crippen molar-refractivity contribution < 1.29 is 10.2 Å². The fourth-order valence-electron chi connectivity index (χ4n) is 8.22. The van der Waals surface area contributed by atoms with E-state index in [-0.39, 0.29) is 6.10 Å². The quantitative estimate of drug-likeness (QED) is 0.515. The van der Waals surface area contributed by atoms with Crippen molar-refractivity contribution in [1.82, 2.24) is 0 Å². The summed E-state index contributed by atoms with van der Waals surface area (Å²) in [6.45, 7) is 11.5. The topological polar surface area (TPSA) is 40.5 Å². The molecule has 2 nitrogen and oxygen atoms in total. The van der Waals surface area contributed by atoms with Crippen molar-refractivity contribution in [2.75, 3.05) is 0 Å². The number of hydrogen-bond acceptors (Lipinski definition) is 2. The lowest BCUT2D eigenvalue weighted by atomic mass is 9.47. The molecule has 29 heavy (non-hydrogen) atoms. The van der Waals surface area contributed by atoms with Gasteiger partial charge in [-0.15, -0.1) is 0 Å². The Hall–Kier alpha value is -0.340. The molecule has 0 aromatic rings. The maximum absolute atomic E-state index is 10.6. The molecule has 0 aromatic carbocycles. The summed E-state index contributed by atoms with van der Waals surface area (Å²) in [6.07, 6.45) is 15.9. The van der Waals surface area contributed by atoms with Crippen LogP contribution in [-0.2, 0) is 0 Å². The molecule has 3 saturated carbocycles. The second-order valence-corrected chi connectivity index (χ2v) is 12.4. The monoisotopic (exact) mass is 402 g/mol. The van der Waals surface area contributed by atoms with Crippen molar-refractivity contribution in [1.29, 1.82) is 0 Å².